The van der Waals surface area contributed by atoms with Gasteiger partial charge < -0.3 is 19.6 Å². The van der Waals surface area contributed by atoms with Crippen molar-refractivity contribution in [3.05, 3.63) is 47.7 Å². The smallest absolute Gasteiger partial charge is 0.134 e. The maximum absolute atomic E-state index is 9.52. The van der Waals surface area contributed by atoms with Crippen LogP contribution in [0.4, 0.5) is 0 Å². The minimum Gasteiger partial charge on any atom is -0.460 e. The summed E-state index contributed by atoms with van der Waals surface area (Å²) in [7, 11) is 0. The molecule has 1 aromatic heterocycles. The molecule has 2 aromatic rings. The highest BCUT2D eigenvalue weighted by Crippen LogP contribution is 2.24. The molecule has 0 saturated carbocycles. The molecule has 0 aliphatic carbocycles. The highest BCUT2D eigenvalue weighted by atomic mass is 16.5. The fourth-order valence-corrected chi connectivity index (χ4v) is 2.21. The zero-order chi connectivity index (χ0) is 15.8. The van der Waals surface area contributed by atoms with Gasteiger partial charge in [-0.3, -0.25) is 0 Å². The molecule has 4 heteroatoms. The van der Waals surface area contributed by atoms with E-state index in [-0.39, 0.29) is 0 Å². The number of aliphatic hydroxyl groups excluding tert-OH is 1. The molecule has 0 bridgehead atoms. The molecule has 0 saturated heterocycles. The van der Waals surface area contributed by atoms with E-state index in [1.165, 1.54) is 0 Å². The van der Waals surface area contributed by atoms with E-state index < -0.39 is 6.10 Å². The van der Waals surface area contributed by atoms with Gasteiger partial charge >= 0.3 is 0 Å². The van der Waals surface area contributed by atoms with E-state index in [0.717, 1.165) is 55.4 Å². The van der Waals surface area contributed by atoms with Gasteiger partial charge in [-0.2, -0.15) is 0 Å². The molecular weight excluding hydrogens is 278 g/mol. The zero-order valence-corrected chi connectivity index (χ0v) is 13.3. The Morgan fingerprint density at radius 1 is 1.18 bits per heavy atom. The average Bonchev–Trinajstić information content (AvgIpc) is 3.00. The molecule has 1 atom stereocenters. The first-order valence-electron chi connectivity index (χ1n) is 7.86. The molecule has 0 aliphatic heterocycles. The van der Waals surface area contributed by atoms with Crippen molar-refractivity contribution in [2.75, 3.05) is 19.8 Å². The summed E-state index contributed by atoms with van der Waals surface area (Å²) in [4.78, 5) is 0. The molecule has 2 rings (SSSR count). The molecular formula is C18H25NO3. The quantitative estimate of drug-likeness (QED) is 0.696. The van der Waals surface area contributed by atoms with Crippen molar-refractivity contribution < 1.29 is 14.3 Å². The summed E-state index contributed by atoms with van der Waals surface area (Å²) >= 11 is 0. The van der Waals surface area contributed by atoms with E-state index in [4.69, 9.17) is 9.15 Å². The van der Waals surface area contributed by atoms with Crippen LogP contribution in [-0.2, 0) is 11.3 Å². The Kier molecular flexibility index (Phi) is 6.65. The molecule has 1 unspecified atom stereocenters. The summed E-state index contributed by atoms with van der Waals surface area (Å²) < 4.78 is 11.1. The van der Waals surface area contributed by atoms with E-state index in [2.05, 4.69) is 5.32 Å². The lowest BCUT2D eigenvalue weighted by atomic mass is 10.1. The fraction of sp³-hybridized carbons (Fsp3) is 0.444. The maximum atomic E-state index is 9.52. The van der Waals surface area contributed by atoms with Crippen molar-refractivity contribution in [3.8, 4) is 11.3 Å². The summed E-state index contributed by atoms with van der Waals surface area (Å²) in [6.45, 7) is 6.97. The first kappa shape index (κ1) is 16.7. The highest BCUT2D eigenvalue weighted by Gasteiger charge is 2.06. The lowest BCUT2D eigenvalue weighted by Gasteiger charge is -2.05. The molecule has 2 N–H and O–H groups in total. The Morgan fingerprint density at radius 2 is 1.95 bits per heavy atom. The van der Waals surface area contributed by atoms with Crippen molar-refractivity contribution in [2.24, 2.45) is 0 Å². The van der Waals surface area contributed by atoms with Crippen molar-refractivity contribution in [1.29, 1.82) is 0 Å². The van der Waals surface area contributed by atoms with Crippen LogP contribution in [0.1, 0.15) is 37.7 Å². The van der Waals surface area contributed by atoms with Gasteiger partial charge in [0.1, 0.15) is 11.5 Å². The SMILES string of the molecule is CCOCCCNCc1ccc(-c2ccc(C(C)O)cc2)o1. The zero-order valence-electron chi connectivity index (χ0n) is 13.3. The Labute approximate surface area is 132 Å². The van der Waals surface area contributed by atoms with E-state index in [9.17, 15) is 5.11 Å². The fourth-order valence-electron chi connectivity index (χ4n) is 2.21. The second-order valence-electron chi connectivity index (χ2n) is 5.29. The van der Waals surface area contributed by atoms with Crippen LogP contribution in [0.25, 0.3) is 11.3 Å². The van der Waals surface area contributed by atoms with Gasteiger partial charge in [0, 0.05) is 18.8 Å². The maximum Gasteiger partial charge on any atom is 0.134 e. The predicted molar refractivity (Wildman–Crippen MR) is 87.6 cm³/mol. The number of hydrogen-bond donors (Lipinski definition) is 2. The third kappa shape index (κ3) is 4.98. The van der Waals surface area contributed by atoms with E-state index in [0.29, 0.717) is 0 Å². The van der Waals surface area contributed by atoms with Gasteiger partial charge in [0.05, 0.1) is 12.6 Å². The standard InChI is InChI=1S/C18H25NO3/c1-3-21-12-4-11-19-13-17-9-10-18(22-17)16-7-5-15(6-8-16)14(2)20/h5-10,14,19-20H,3-4,11-13H2,1-2H3. The van der Waals surface area contributed by atoms with Gasteiger partial charge in [-0.05, 0) is 44.5 Å². The van der Waals surface area contributed by atoms with Crippen LogP contribution in [-0.4, -0.2) is 24.9 Å². The third-order valence-electron chi connectivity index (χ3n) is 3.48. The van der Waals surface area contributed by atoms with Crippen molar-refractivity contribution in [1.82, 2.24) is 5.32 Å². The first-order valence-corrected chi connectivity index (χ1v) is 7.86. The molecule has 0 fully saturated rings. The van der Waals surface area contributed by atoms with Crippen molar-refractivity contribution >= 4 is 0 Å². The lowest BCUT2D eigenvalue weighted by Crippen LogP contribution is -2.15. The van der Waals surface area contributed by atoms with Crippen LogP contribution < -0.4 is 5.32 Å². The van der Waals surface area contributed by atoms with E-state index in [1.807, 2.05) is 43.3 Å². The molecule has 0 radical (unpaired) electrons. The average molecular weight is 303 g/mol. The Morgan fingerprint density at radius 3 is 2.64 bits per heavy atom. The van der Waals surface area contributed by atoms with E-state index >= 15 is 0 Å². The molecule has 1 heterocycles. The topological polar surface area (TPSA) is 54.6 Å². The van der Waals surface area contributed by atoms with Gasteiger partial charge in [-0.15, -0.1) is 0 Å². The van der Waals surface area contributed by atoms with Crippen LogP contribution in [0.5, 0.6) is 0 Å². The summed E-state index contributed by atoms with van der Waals surface area (Å²) in [6, 6.07) is 11.8. The number of aliphatic hydroxyl groups is 1. The molecule has 0 aliphatic rings. The summed E-state index contributed by atoms with van der Waals surface area (Å²) in [6.07, 6.45) is 0.560. The van der Waals surface area contributed by atoms with Crippen LogP contribution in [0.15, 0.2) is 40.8 Å². The lowest BCUT2D eigenvalue weighted by molar-refractivity contribution is 0.144. The molecule has 1 aromatic carbocycles. The number of rotatable bonds is 9. The van der Waals surface area contributed by atoms with Gasteiger partial charge in [0.15, 0.2) is 0 Å². The summed E-state index contributed by atoms with van der Waals surface area (Å²) in [5.41, 5.74) is 1.93. The minimum atomic E-state index is -0.443. The molecule has 120 valence electrons. The third-order valence-corrected chi connectivity index (χ3v) is 3.48. The summed E-state index contributed by atoms with van der Waals surface area (Å²) in [5, 5.41) is 12.9. The predicted octanol–water partition coefficient (Wildman–Crippen LogP) is 3.52. The monoisotopic (exact) mass is 303 g/mol. The van der Waals surface area contributed by atoms with Crippen LogP contribution >= 0.6 is 0 Å². The second-order valence-corrected chi connectivity index (χ2v) is 5.29. The minimum absolute atomic E-state index is 0.443. The van der Waals surface area contributed by atoms with E-state index in [1.54, 1.807) is 6.92 Å². The number of hydrogen-bond acceptors (Lipinski definition) is 4. The van der Waals surface area contributed by atoms with Crippen LogP contribution in [0.2, 0.25) is 0 Å². The number of ether oxygens (including phenoxy) is 1. The number of benzene rings is 1. The van der Waals surface area contributed by atoms with Gasteiger partial charge in [0.25, 0.3) is 0 Å². The number of nitrogens with one attached hydrogen (secondary N) is 1. The Bertz CT molecular complexity index is 546. The van der Waals surface area contributed by atoms with Crippen LogP contribution in [0.3, 0.4) is 0 Å². The molecule has 0 spiro atoms. The Hall–Kier alpha value is -1.62. The molecule has 22 heavy (non-hydrogen) atoms. The largest absolute Gasteiger partial charge is 0.460 e. The Balaban J connectivity index is 1.83. The summed E-state index contributed by atoms with van der Waals surface area (Å²) in [5.74, 6) is 1.77. The van der Waals surface area contributed by atoms with Gasteiger partial charge in [-0.25, -0.2) is 0 Å². The highest BCUT2D eigenvalue weighted by molar-refractivity contribution is 5.58. The second kappa shape index (κ2) is 8.73. The van der Waals surface area contributed by atoms with Crippen molar-refractivity contribution in [3.63, 3.8) is 0 Å². The normalized spacial score (nSPS) is 12.5. The molecule has 4 nitrogen and oxygen atoms in total. The molecule has 0 amide bonds. The van der Waals surface area contributed by atoms with Crippen molar-refractivity contribution in [2.45, 2.75) is 32.9 Å². The first-order chi connectivity index (χ1) is 10.7. The van der Waals surface area contributed by atoms with Gasteiger partial charge in [0.2, 0.25) is 0 Å². The van der Waals surface area contributed by atoms with Gasteiger partial charge in [-0.1, -0.05) is 24.3 Å². The number of furan rings is 1. The van der Waals surface area contributed by atoms with Crippen LogP contribution in [0, 0.1) is 0 Å².